The molecule has 0 bridgehead atoms. The largest absolute Gasteiger partial charge is 0.325 e. The van der Waals surface area contributed by atoms with Gasteiger partial charge in [0.2, 0.25) is 0 Å². The first-order valence-corrected chi connectivity index (χ1v) is 6.43. The van der Waals surface area contributed by atoms with E-state index in [1.165, 1.54) is 6.20 Å². The fourth-order valence-electron chi connectivity index (χ4n) is 1.06. The van der Waals surface area contributed by atoms with Crippen molar-refractivity contribution in [3.05, 3.63) is 64.5 Å². The van der Waals surface area contributed by atoms with E-state index in [-0.39, 0.29) is 5.56 Å². The summed E-state index contributed by atoms with van der Waals surface area (Å²) < 4.78 is 1.81. The van der Waals surface area contributed by atoms with Gasteiger partial charge in [-0.05, 0) is 12.1 Å². The highest BCUT2D eigenvalue weighted by molar-refractivity contribution is 14.2. The van der Waals surface area contributed by atoms with Crippen LogP contribution in [0.4, 0.5) is 0 Å². The second-order valence-corrected chi connectivity index (χ2v) is 5.76. The van der Waals surface area contributed by atoms with E-state index in [0.29, 0.717) is 3.57 Å². The summed E-state index contributed by atoms with van der Waals surface area (Å²) in [6, 6.07) is 9.78. The maximum Gasteiger partial charge on any atom is 0.325 e. The summed E-state index contributed by atoms with van der Waals surface area (Å²) in [4.78, 5) is 26.9. The number of benzene rings is 1. The van der Waals surface area contributed by atoms with Gasteiger partial charge >= 0.3 is 5.69 Å². The summed E-state index contributed by atoms with van der Waals surface area (Å²) in [5, 5.41) is 0. The lowest BCUT2D eigenvalue weighted by atomic mass is 10.4. The minimum absolute atomic E-state index is 0.282. The lowest BCUT2D eigenvalue weighted by Crippen LogP contribution is -2.23. The molecule has 1 aromatic carbocycles. The smallest absolute Gasteiger partial charge is 0.313 e. The van der Waals surface area contributed by atoms with E-state index >= 15 is 0 Å². The van der Waals surface area contributed by atoms with Gasteiger partial charge in [-0.2, -0.15) is 0 Å². The fraction of sp³-hybridized carbons (Fsp3) is 0. The quantitative estimate of drug-likeness (QED) is 0.814. The van der Waals surface area contributed by atoms with Crippen LogP contribution in [0.1, 0.15) is 0 Å². The number of H-pyrrole nitrogens is 2. The molecule has 0 spiro atoms. The first kappa shape index (κ1) is 10.2. The zero-order valence-electron chi connectivity index (χ0n) is 7.66. The molecule has 0 aliphatic rings. The molecule has 0 saturated heterocycles. The van der Waals surface area contributed by atoms with Crippen molar-refractivity contribution in [1.29, 1.82) is 0 Å². The maximum atomic E-state index is 11.4. The predicted molar refractivity (Wildman–Crippen MR) is 65.5 cm³/mol. The normalized spacial score (nSPS) is 10.1. The molecular formula is C10H8IN2O2. The zero-order valence-corrected chi connectivity index (χ0v) is 9.82. The lowest BCUT2D eigenvalue weighted by molar-refractivity contribution is 1.02. The molecule has 5 heteroatoms. The Labute approximate surface area is 95.6 Å². The van der Waals surface area contributed by atoms with Crippen molar-refractivity contribution in [2.24, 2.45) is 0 Å². The van der Waals surface area contributed by atoms with Crippen molar-refractivity contribution in [2.45, 2.75) is 0 Å². The van der Waals surface area contributed by atoms with Crippen LogP contribution in [0.2, 0.25) is 0 Å². The van der Waals surface area contributed by atoms with Gasteiger partial charge in [0.05, 0.1) is 3.57 Å². The molecule has 2 rings (SSSR count). The van der Waals surface area contributed by atoms with Crippen LogP contribution < -0.4 is 11.2 Å². The third-order valence-electron chi connectivity index (χ3n) is 1.72. The summed E-state index contributed by atoms with van der Waals surface area (Å²) in [6.07, 6.45) is 1.50. The summed E-state index contributed by atoms with van der Waals surface area (Å²) in [7, 11) is 0. The number of aromatic nitrogens is 2. The van der Waals surface area contributed by atoms with Gasteiger partial charge in [0.25, 0.3) is 5.56 Å². The van der Waals surface area contributed by atoms with Gasteiger partial charge in [0.15, 0.2) is 0 Å². The molecular weight excluding hydrogens is 307 g/mol. The molecule has 0 unspecified atom stereocenters. The minimum atomic E-state index is -0.520. The van der Waals surface area contributed by atoms with Crippen LogP contribution >= 0.6 is 21.2 Å². The van der Waals surface area contributed by atoms with Crippen LogP contribution in [0.25, 0.3) is 0 Å². The average Bonchev–Trinajstić information content (AvgIpc) is 2.24. The van der Waals surface area contributed by atoms with Crippen molar-refractivity contribution in [2.75, 3.05) is 0 Å². The average molecular weight is 315 g/mol. The Morgan fingerprint density at radius 2 is 1.80 bits per heavy atom. The standard InChI is InChI=1S/C10H8IN2O2/c14-9-8(6-12-10(15)13-9)11-7-4-2-1-3-5-7/h1-6H,(H2,12,13,14,15). The number of halogens is 1. The van der Waals surface area contributed by atoms with Crippen LogP contribution in [0.15, 0.2) is 46.1 Å². The lowest BCUT2D eigenvalue weighted by Gasteiger charge is -1.98. The van der Waals surface area contributed by atoms with Gasteiger partial charge in [0.1, 0.15) is 0 Å². The maximum absolute atomic E-state index is 11.4. The third kappa shape index (κ3) is 2.56. The summed E-state index contributed by atoms with van der Waals surface area (Å²) in [5.41, 5.74) is -0.740. The van der Waals surface area contributed by atoms with Crippen molar-refractivity contribution in [3.8, 4) is 0 Å². The molecule has 77 valence electrons. The number of rotatable bonds is 2. The second kappa shape index (κ2) is 4.43. The van der Waals surface area contributed by atoms with Crippen LogP contribution in [0.3, 0.4) is 0 Å². The Balaban J connectivity index is 2.33. The van der Waals surface area contributed by atoms with Gasteiger partial charge in [-0.1, -0.05) is 39.4 Å². The Bertz CT molecular complexity index is 559. The monoisotopic (exact) mass is 315 g/mol. The number of nitrogens with one attached hydrogen (secondary N) is 2. The van der Waals surface area contributed by atoms with Crippen molar-refractivity contribution in [3.63, 3.8) is 0 Å². The molecule has 0 saturated carbocycles. The summed E-state index contributed by atoms with van der Waals surface area (Å²) in [5.74, 6) is 0. The summed E-state index contributed by atoms with van der Waals surface area (Å²) in [6.45, 7) is 0. The Morgan fingerprint density at radius 3 is 2.47 bits per heavy atom. The molecule has 0 fully saturated rings. The van der Waals surface area contributed by atoms with E-state index < -0.39 is 26.9 Å². The van der Waals surface area contributed by atoms with Gasteiger partial charge in [-0.3, -0.25) is 9.78 Å². The molecule has 0 atom stereocenters. The SMILES string of the molecule is O=c1[nH]cc([I]c2ccccc2)c(=O)[nH]1. The van der Waals surface area contributed by atoms with Crippen molar-refractivity contribution >= 4 is 21.2 Å². The third-order valence-corrected chi connectivity index (χ3v) is 4.44. The van der Waals surface area contributed by atoms with Crippen LogP contribution in [0.5, 0.6) is 0 Å². The van der Waals surface area contributed by atoms with E-state index in [9.17, 15) is 9.59 Å². The first-order chi connectivity index (χ1) is 7.25. The molecule has 1 heterocycles. The Hall–Kier alpha value is -1.37. The fourth-order valence-corrected chi connectivity index (χ4v) is 3.20. The molecule has 0 amide bonds. The molecule has 0 aliphatic heterocycles. The molecule has 0 aliphatic carbocycles. The molecule has 2 aromatic rings. The number of hydrogen-bond acceptors (Lipinski definition) is 2. The number of aromatic amines is 2. The van der Waals surface area contributed by atoms with Crippen LogP contribution in [-0.2, 0) is 0 Å². The van der Waals surface area contributed by atoms with Crippen LogP contribution in [0, 0.1) is 7.14 Å². The van der Waals surface area contributed by atoms with E-state index in [4.69, 9.17) is 0 Å². The number of hydrogen-bond donors (Lipinski definition) is 2. The Kier molecular flexibility index (Phi) is 3.00. The Morgan fingerprint density at radius 1 is 1.07 bits per heavy atom. The van der Waals surface area contributed by atoms with E-state index in [1.54, 1.807) is 0 Å². The van der Waals surface area contributed by atoms with Crippen LogP contribution in [-0.4, -0.2) is 9.97 Å². The van der Waals surface area contributed by atoms with Gasteiger partial charge in [0, 0.05) is 9.77 Å². The molecule has 1 aromatic heterocycles. The van der Waals surface area contributed by atoms with Gasteiger partial charge < -0.3 is 4.98 Å². The van der Waals surface area contributed by atoms with E-state index in [2.05, 4.69) is 9.97 Å². The molecule has 15 heavy (non-hydrogen) atoms. The van der Waals surface area contributed by atoms with Crippen molar-refractivity contribution < 1.29 is 0 Å². The first-order valence-electron chi connectivity index (χ1n) is 4.27. The second-order valence-electron chi connectivity index (χ2n) is 2.81. The van der Waals surface area contributed by atoms with Crippen molar-refractivity contribution in [1.82, 2.24) is 9.97 Å². The van der Waals surface area contributed by atoms with E-state index in [1.807, 2.05) is 30.3 Å². The minimum Gasteiger partial charge on any atom is -0.313 e. The van der Waals surface area contributed by atoms with Gasteiger partial charge in [-0.25, -0.2) is 4.79 Å². The molecule has 1 radical (unpaired) electrons. The topological polar surface area (TPSA) is 65.7 Å². The molecule has 2 N–H and O–H groups in total. The predicted octanol–water partition coefficient (Wildman–Crippen LogP) is 1.07. The highest BCUT2D eigenvalue weighted by Crippen LogP contribution is 2.24. The zero-order chi connectivity index (χ0) is 10.7. The summed E-state index contributed by atoms with van der Waals surface area (Å²) >= 11 is -0.520. The van der Waals surface area contributed by atoms with E-state index in [0.717, 1.165) is 3.57 Å². The van der Waals surface area contributed by atoms with Gasteiger partial charge in [-0.15, -0.1) is 0 Å². The highest BCUT2D eigenvalue weighted by atomic mass is 127. The highest BCUT2D eigenvalue weighted by Gasteiger charge is 2.01. The molecule has 4 nitrogen and oxygen atoms in total.